The van der Waals surface area contributed by atoms with Crippen molar-refractivity contribution in [2.75, 3.05) is 11.1 Å². The largest absolute Gasteiger partial charge is 0.491 e. The number of aryl methyl sites for hydroxylation is 1. The minimum Gasteiger partial charge on any atom is -0.491 e. The Morgan fingerprint density at radius 3 is 2.60 bits per heavy atom. The molecule has 0 unspecified atom stereocenters. The third-order valence-electron chi connectivity index (χ3n) is 3.04. The molecular formula is C17H22N2O. The molecule has 0 saturated carbocycles. The lowest BCUT2D eigenvalue weighted by Crippen LogP contribution is -2.07. The molecule has 0 amide bonds. The number of nitrogen functional groups attached to an aromatic ring is 1. The number of nitrogens with one attached hydrogen (secondary N) is 1. The first-order valence-electron chi connectivity index (χ1n) is 6.90. The Balaban J connectivity index is 2.09. The highest BCUT2D eigenvalue weighted by Crippen LogP contribution is 2.24. The lowest BCUT2D eigenvalue weighted by molar-refractivity contribution is 0.242. The van der Waals surface area contributed by atoms with Crippen LogP contribution in [0.1, 0.15) is 25.0 Å². The number of ether oxygens (including phenoxy) is 1. The second-order valence-corrected chi connectivity index (χ2v) is 5.24. The zero-order valence-corrected chi connectivity index (χ0v) is 12.3. The molecule has 0 aliphatic rings. The Morgan fingerprint density at radius 1 is 1.15 bits per heavy atom. The lowest BCUT2D eigenvalue weighted by atomic mass is 10.1. The van der Waals surface area contributed by atoms with Crippen LogP contribution < -0.4 is 15.8 Å². The molecule has 2 rings (SSSR count). The van der Waals surface area contributed by atoms with Gasteiger partial charge in [-0.05, 0) is 38.0 Å². The van der Waals surface area contributed by atoms with Crippen molar-refractivity contribution in [2.24, 2.45) is 0 Å². The Labute approximate surface area is 120 Å². The van der Waals surface area contributed by atoms with Crippen LogP contribution in [0, 0.1) is 6.92 Å². The van der Waals surface area contributed by atoms with Gasteiger partial charge in [0.2, 0.25) is 0 Å². The van der Waals surface area contributed by atoms with Crippen molar-refractivity contribution in [3.63, 3.8) is 0 Å². The van der Waals surface area contributed by atoms with E-state index in [-0.39, 0.29) is 6.10 Å². The molecule has 106 valence electrons. The third kappa shape index (κ3) is 3.92. The Morgan fingerprint density at radius 2 is 1.90 bits per heavy atom. The summed E-state index contributed by atoms with van der Waals surface area (Å²) in [6, 6.07) is 14.1. The summed E-state index contributed by atoms with van der Waals surface area (Å²) < 4.78 is 5.69. The molecule has 0 saturated heterocycles. The molecule has 3 N–H and O–H groups in total. The van der Waals surface area contributed by atoms with Crippen molar-refractivity contribution in [3.05, 3.63) is 53.6 Å². The highest BCUT2D eigenvalue weighted by Gasteiger charge is 2.03. The molecule has 0 aliphatic carbocycles. The van der Waals surface area contributed by atoms with Crippen LogP contribution in [0.25, 0.3) is 0 Å². The lowest BCUT2D eigenvalue weighted by Gasteiger charge is -2.14. The van der Waals surface area contributed by atoms with E-state index in [1.54, 1.807) is 0 Å². The summed E-state index contributed by atoms with van der Waals surface area (Å²) in [5.41, 5.74) is 10.2. The van der Waals surface area contributed by atoms with Gasteiger partial charge in [0.15, 0.2) is 0 Å². The molecule has 2 aromatic carbocycles. The van der Waals surface area contributed by atoms with E-state index in [2.05, 4.69) is 30.4 Å². The summed E-state index contributed by atoms with van der Waals surface area (Å²) in [4.78, 5) is 0. The molecular weight excluding hydrogens is 248 g/mol. The fourth-order valence-electron chi connectivity index (χ4n) is 2.07. The summed E-state index contributed by atoms with van der Waals surface area (Å²) in [5, 5.41) is 3.40. The molecule has 0 heterocycles. The molecule has 0 bridgehead atoms. The Kier molecular flexibility index (Phi) is 4.51. The van der Waals surface area contributed by atoms with Crippen molar-refractivity contribution in [1.82, 2.24) is 0 Å². The van der Waals surface area contributed by atoms with Crippen molar-refractivity contribution >= 4 is 11.4 Å². The van der Waals surface area contributed by atoms with Gasteiger partial charge >= 0.3 is 0 Å². The average Bonchev–Trinajstić information content (AvgIpc) is 2.36. The summed E-state index contributed by atoms with van der Waals surface area (Å²) in [5.74, 6) is 0.798. The molecule has 0 spiro atoms. The van der Waals surface area contributed by atoms with Crippen molar-refractivity contribution in [2.45, 2.75) is 33.4 Å². The molecule has 3 heteroatoms. The van der Waals surface area contributed by atoms with Gasteiger partial charge in [0.05, 0.1) is 6.10 Å². The normalized spacial score (nSPS) is 10.6. The topological polar surface area (TPSA) is 47.3 Å². The average molecular weight is 270 g/mol. The second kappa shape index (κ2) is 6.33. The van der Waals surface area contributed by atoms with Gasteiger partial charge in [-0.25, -0.2) is 0 Å². The number of anilines is 2. The van der Waals surface area contributed by atoms with Crippen LogP contribution in [0.3, 0.4) is 0 Å². The summed E-state index contributed by atoms with van der Waals surface area (Å²) in [6.45, 7) is 6.90. The number of hydrogen-bond acceptors (Lipinski definition) is 3. The van der Waals surface area contributed by atoms with Gasteiger partial charge in [0.1, 0.15) is 5.75 Å². The van der Waals surface area contributed by atoms with Gasteiger partial charge in [0.25, 0.3) is 0 Å². The van der Waals surface area contributed by atoms with Crippen LogP contribution in [0.5, 0.6) is 5.75 Å². The molecule has 0 radical (unpaired) electrons. The molecule has 3 nitrogen and oxygen atoms in total. The Bertz CT molecular complexity index is 579. The molecule has 2 aromatic rings. The quantitative estimate of drug-likeness (QED) is 0.808. The van der Waals surface area contributed by atoms with E-state index in [4.69, 9.17) is 10.5 Å². The van der Waals surface area contributed by atoms with Crippen LogP contribution in [-0.2, 0) is 6.54 Å². The van der Waals surface area contributed by atoms with Crippen LogP contribution in [-0.4, -0.2) is 6.10 Å². The summed E-state index contributed by atoms with van der Waals surface area (Å²) >= 11 is 0. The SMILES string of the molecule is Cc1ccccc1CNc1cc(N)cc(OC(C)C)c1. The van der Waals surface area contributed by atoms with Gasteiger partial charge < -0.3 is 15.8 Å². The summed E-state index contributed by atoms with van der Waals surface area (Å²) in [6.07, 6.45) is 0.140. The molecule has 0 aliphatic heterocycles. The smallest absolute Gasteiger partial charge is 0.123 e. The van der Waals surface area contributed by atoms with Crippen LogP contribution in [0.4, 0.5) is 11.4 Å². The van der Waals surface area contributed by atoms with Crippen molar-refractivity contribution < 1.29 is 4.74 Å². The number of rotatable bonds is 5. The first-order valence-corrected chi connectivity index (χ1v) is 6.90. The highest BCUT2D eigenvalue weighted by molar-refractivity contribution is 5.59. The second-order valence-electron chi connectivity index (χ2n) is 5.24. The van der Waals surface area contributed by atoms with E-state index < -0.39 is 0 Å². The minimum atomic E-state index is 0.140. The zero-order chi connectivity index (χ0) is 14.5. The van der Waals surface area contributed by atoms with Crippen LogP contribution in [0.15, 0.2) is 42.5 Å². The molecule has 0 fully saturated rings. The predicted molar refractivity (Wildman–Crippen MR) is 85.1 cm³/mol. The van der Waals surface area contributed by atoms with Gasteiger partial charge in [-0.15, -0.1) is 0 Å². The standard InChI is InChI=1S/C17H22N2O/c1-12(2)20-17-9-15(18)8-16(10-17)19-11-14-7-5-4-6-13(14)3/h4-10,12,19H,11,18H2,1-3H3. The predicted octanol–water partition coefficient (Wildman–Crippen LogP) is 3.98. The van der Waals surface area contributed by atoms with E-state index in [1.807, 2.05) is 38.1 Å². The van der Waals surface area contributed by atoms with Crippen LogP contribution >= 0.6 is 0 Å². The fourth-order valence-corrected chi connectivity index (χ4v) is 2.07. The number of hydrogen-bond donors (Lipinski definition) is 2. The maximum Gasteiger partial charge on any atom is 0.123 e. The monoisotopic (exact) mass is 270 g/mol. The van der Waals surface area contributed by atoms with Gasteiger partial charge in [-0.1, -0.05) is 24.3 Å². The minimum absolute atomic E-state index is 0.140. The van der Waals surface area contributed by atoms with Gasteiger partial charge in [-0.2, -0.15) is 0 Å². The summed E-state index contributed by atoms with van der Waals surface area (Å²) in [7, 11) is 0. The van der Waals surface area contributed by atoms with E-state index in [0.717, 1.165) is 18.0 Å². The first kappa shape index (κ1) is 14.3. The maximum atomic E-state index is 5.91. The number of nitrogens with two attached hydrogens (primary N) is 1. The molecule has 0 atom stereocenters. The van der Waals surface area contributed by atoms with Crippen LogP contribution in [0.2, 0.25) is 0 Å². The van der Waals surface area contributed by atoms with E-state index >= 15 is 0 Å². The van der Waals surface area contributed by atoms with E-state index in [9.17, 15) is 0 Å². The third-order valence-corrected chi connectivity index (χ3v) is 3.04. The van der Waals surface area contributed by atoms with E-state index in [0.29, 0.717) is 5.69 Å². The fraction of sp³-hybridized carbons (Fsp3) is 0.294. The zero-order valence-electron chi connectivity index (χ0n) is 12.3. The maximum absolute atomic E-state index is 5.91. The Hall–Kier alpha value is -2.16. The molecule has 0 aromatic heterocycles. The van der Waals surface area contributed by atoms with Crippen molar-refractivity contribution in [1.29, 1.82) is 0 Å². The highest BCUT2D eigenvalue weighted by atomic mass is 16.5. The van der Waals surface area contributed by atoms with Gasteiger partial charge in [0, 0.05) is 30.1 Å². The first-order chi connectivity index (χ1) is 9.54. The van der Waals surface area contributed by atoms with E-state index in [1.165, 1.54) is 11.1 Å². The van der Waals surface area contributed by atoms with Crippen molar-refractivity contribution in [3.8, 4) is 5.75 Å². The molecule has 20 heavy (non-hydrogen) atoms. The van der Waals surface area contributed by atoms with Gasteiger partial charge in [-0.3, -0.25) is 0 Å². The number of benzene rings is 2.